The number of carbonyl (C=O) groups excluding carboxylic acids is 1. The zero-order valence-electron chi connectivity index (χ0n) is 10.7. The third kappa shape index (κ3) is 2.83. The molecule has 0 aromatic heterocycles. The average Bonchev–Trinajstić information content (AvgIpc) is 2.90. The predicted molar refractivity (Wildman–Crippen MR) is 78.6 cm³/mol. The van der Waals surface area contributed by atoms with E-state index in [0.717, 1.165) is 12.8 Å². The molecule has 0 spiro atoms. The number of rotatable bonds is 2. The van der Waals surface area contributed by atoms with Crippen LogP contribution in [0.4, 0.5) is 0 Å². The summed E-state index contributed by atoms with van der Waals surface area (Å²) in [5.41, 5.74) is 0.535. The number of nitrogens with one attached hydrogen (secondary N) is 1. The van der Waals surface area contributed by atoms with Gasteiger partial charge in [0.1, 0.15) is 0 Å². The molecule has 1 amide bonds. The average molecular weight is 360 g/mol. The molecule has 2 aliphatic rings. The van der Waals surface area contributed by atoms with Crippen molar-refractivity contribution in [2.75, 3.05) is 18.3 Å². The normalized spacial score (nSPS) is 24.4. The van der Waals surface area contributed by atoms with Crippen molar-refractivity contribution in [2.24, 2.45) is 0 Å². The summed E-state index contributed by atoms with van der Waals surface area (Å²) >= 11 is 3.37. The molecule has 108 valence electrons. The quantitative estimate of drug-likeness (QED) is 0.874. The van der Waals surface area contributed by atoms with E-state index in [4.69, 9.17) is 9.47 Å². The topological polar surface area (TPSA) is 64.6 Å². The minimum atomic E-state index is -0.719. The Morgan fingerprint density at radius 1 is 1.30 bits per heavy atom. The number of amides is 1. The van der Waals surface area contributed by atoms with Gasteiger partial charge in [-0.3, -0.25) is 9.00 Å². The third-order valence-corrected chi connectivity index (χ3v) is 5.38. The molecule has 7 heteroatoms. The summed E-state index contributed by atoms with van der Waals surface area (Å²) in [6.45, 7) is 0.174. The van der Waals surface area contributed by atoms with Gasteiger partial charge in [-0.25, -0.2) is 0 Å². The van der Waals surface area contributed by atoms with E-state index in [0.29, 0.717) is 33.0 Å². The molecule has 1 saturated heterocycles. The van der Waals surface area contributed by atoms with Crippen molar-refractivity contribution < 1.29 is 18.5 Å². The van der Waals surface area contributed by atoms with Crippen LogP contribution in [0.3, 0.4) is 0 Å². The molecule has 2 aliphatic heterocycles. The van der Waals surface area contributed by atoms with Gasteiger partial charge in [0.2, 0.25) is 6.79 Å². The molecule has 0 aliphatic carbocycles. The largest absolute Gasteiger partial charge is 0.454 e. The highest BCUT2D eigenvalue weighted by atomic mass is 79.9. The molecule has 1 fully saturated rings. The van der Waals surface area contributed by atoms with Crippen LogP contribution in [-0.4, -0.2) is 34.5 Å². The SMILES string of the molecule is O=C(NC1CCS(=O)CC1)c1cc(Br)c2c(c1)OCO2. The van der Waals surface area contributed by atoms with Gasteiger partial charge in [0.25, 0.3) is 5.91 Å². The first-order valence-corrected chi connectivity index (χ1v) is 8.66. The number of halogens is 1. The van der Waals surface area contributed by atoms with Gasteiger partial charge in [-0.05, 0) is 40.9 Å². The van der Waals surface area contributed by atoms with Crippen LogP contribution in [0.1, 0.15) is 23.2 Å². The van der Waals surface area contributed by atoms with Crippen LogP contribution in [0.25, 0.3) is 0 Å². The molecule has 0 bridgehead atoms. The van der Waals surface area contributed by atoms with E-state index in [9.17, 15) is 9.00 Å². The molecular weight excluding hydrogens is 346 g/mol. The highest BCUT2D eigenvalue weighted by molar-refractivity contribution is 9.10. The minimum Gasteiger partial charge on any atom is -0.454 e. The summed E-state index contributed by atoms with van der Waals surface area (Å²) in [7, 11) is -0.719. The van der Waals surface area contributed by atoms with E-state index in [1.165, 1.54) is 0 Å². The second kappa shape index (κ2) is 5.73. The number of fused-ring (bicyclic) bond motifs is 1. The summed E-state index contributed by atoms with van der Waals surface area (Å²) in [4.78, 5) is 12.2. The monoisotopic (exact) mass is 359 g/mol. The fraction of sp³-hybridized carbons (Fsp3) is 0.462. The van der Waals surface area contributed by atoms with Crippen LogP contribution in [0.5, 0.6) is 11.5 Å². The molecule has 3 rings (SSSR count). The van der Waals surface area contributed by atoms with Gasteiger partial charge < -0.3 is 14.8 Å². The van der Waals surface area contributed by atoms with Crippen LogP contribution in [0.15, 0.2) is 16.6 Å². The lowest BCUT2D eigenvalue weighted by Crippen LogP contribution is -2.39. The third-order valence-electron chi connectivity index (χ3n) is 3.41. The fourth-order valence-corrected chi connectivity index (χ4v) is 4.16. The maximum absolute atomic E-state index is 12.2. The Bertz CT molecular complexity index is 568. The summed E-state index contributed by atoms with van der Waals surface area (Å²) in [5, 5.41) is 2.98. The van der Waals surface area contributed by atoms with Crippen LogP contribution in [-0.2, 0) is 10.8 Å². The first kappa shape index (κ1) is 13.9. The maximum Gasteiger partial charge on any atom is 0.251 e. The Kier molecular flexibility index (Phi) is 3.98. The summed E-state index contributed by atoms with van der Waals surface area (Å²) in [6.07, 6.45) is 1.54. The van der Waals surface area contributed by atoms with E-state index in [2.05, 4.69) is 21.2 Å². The minimum absolute atomic E-state index is 0.101. The summed E-state index contributed by atoms with van der Waals surface area (Å²) < 4.78 is 22.6. The van der Waals surface area contributed by atoms with Crippen LogP contribution >= 0.6 is 15.9 Å². The molecule has 1 N–H and O–H groups in total. The lowest BCUT2D eigenvalue weighted by Gasteiger charge is -2.22. The molecule has 5 nitrogen and oxygen atoms in total. The van der Waals surface area contributed by atoms with Crippen molar-refractivity contribution >= 4 is 32.6 Å². The Labute approximate surface area is 127 Å². The van der Waals surface area contributed by atoms with Crippen molar-refractivity contribution in [3.63, 3.8) is 0 Å². The number of hydrogen-bond acceptors (Lipinski definition) is 4. The number of hydrogen-bond donors (Lipinski definition) is 1. The van der Waals surface area contributed by atoms with Crippen molar-refractivity contribution in [3.8, 4) is 11.5 Å². The lowest BCUT2D eigenvalue weighted by atomic mass is 10.1. The molecule has 0 unspecified atom stereocenters. The van der Waals surface area contributed by atoms with Crippen molar-refractivity contribution in [2.45, 2.75) is 18.9 Å². The second-order valence-corrected chi connectivity index (χ2v) is 7.34. The number of carbonyl (C=O) groups is 1. The standard InChI is InChI=1S/C13H14BrNO4S/c14-10-5-8(6-11-12(10)19-7-18-11)13(16)15-9-1-3-20(17)4-2-9/h5-6,9H,1-4,7H2,(H,15,16). The smallest absolute Gasteiger partial charge is 0.251 e. The van der Waals surface area contributed by atoms with Crippen molar-refractivity contribution in [3.05, 3.63) is 22.2 Å². The fourth-order valence-electron chi connectivity index (χ4n) is 2.31. The summed E-state index contributed by atoms with van der Waals surface area (Å²) in [6, 6.07) is 3.51. The van der Waals surface area contributed by atoms with Crippen molar-refractivity contribution in [1.82, 2.24) is 5.32 Å². The molecule has 20 heavy (non-hydrogen) atoms. The van der Waals surface area contributed by atoms with E-state index >= 15 is 0 Å². The molecule has 0 saturated carbocycles. The number of benzene rings is 1. The lowest BCUT2D eigenvalue weighted by molar-refractivity contribution is 0.0934. The molecule has 1 aromatic carbocycles. The Morgan fingerprint density at radius 2 is 2.05 bits per heavy atom. The highest BCUT2D eigenvalue weighted by Gasteiger charge is 2.23. The van der Waals surface area contributed by atoms with E-state index < -0.39 is 10.8 Å². The van der Waals surface area contributed by atoms with Gasteiger partial charge in [-0.2, -0.15) is 0 Å². The Hall–Kier alpha value is -1.08. The first-order chi connectivity index (χ1) is 9.63. The Balaban J connectivity index is 1.71. The molecule has 0 radical (unpaired) electrons. The maximum atomic E-state index is 12.2. The molecule has 2 heterocycles. The molecular formula is C13H14BrNO4S. The van der Waals surface area contributed by atoms with Gasteiger partial charge >= 0.3 is 0 Å². The first-order valence-electron chi connectivity index (χ1n) is 6.38. The van der Waals surface area contributed by atoms with Gasteiger partial charge in [-0.1, -0.05) is 0 Å². The zero-order valence-corrected chi connectivity index (χ0v) is 13.1. The Morgan fingerprint density at radius 3 is 2.80 bits per heavy atom. The summed E-state index contributed by atoms with van der Waals surface area (Å²) in [5.74, 6) is 2.40. The second-order valence-electron chi connectivity index (χ2n) is 4.79. The van der Waals surface area contributed by atoms with E-state index in [1.807, 2.05) is 0 Å². The van der Waals surface area contributed by atoms with Gasteiger partial charge in [0.05, 0.1) is 4.47 Å². The van der Waals surface area contributed by atoms with Crippen LogP contribution in [0.2, 0.25) is 0 Å². The molecule has 0 atom stereocenters. The molecule has 1 aromatic rings. The predicted octanol–water partition coefficient (Wildman–Crippen LogP) is 1.82. The van der Waals surface area contributed by atoms with E-state index in [1.54, 1.807) is 12.1 Å². The van der Waals surface area contributed by atoms with E-state index in [-0.39, 0.29) is 18.7 Å². The number of ether oxygens (including phenoxy) is 2. The van der Waals surface area contributed by atoms with Gasteiger partial charge in [0, 0.05) is 33.9 Å². The van der Waals surface area contributed by atoms with Gasteiger partial charge in [0.15, 0.2) is 11.5 Å². The van der Waals surface area contributed by atoms with Gasteiger partial charge in [-0.15, -0.1) is 0 Å². The highest BCUT2D eigenvalue weighted by Crippen LogP contribution is 2.39. The van der Waals surface area contributed by atoms with Crippen molar-refractivity contribution in [1.29, 1.82) is 0 Å². The van der Waals surface area contributed by atoms with Crippen LogP contribution < -0.4 is 14.8 Å². The zero-order chi connectivity index (χ0) is 14.1. The van der Waals surface area contributed by atoms with Crippen LogP contribution in [0, 0.1) is 0 Å².